The molecule has 0 saturated carbocycles. The zero-order valence-electron chi connectivity index (χ0n) is 6.78. The third kappa shape index (κ3) is 0.768. The van der Waals surface area contributed by atoms with E-state index in [-0.39, 0.29) is 0 Å². The number of hydrogen-bond donors (Lipinski definition) is 0. The van der Waals surface area contributed by atoms with Gasteiger partial charge in [0.25, 0.3) is 0 Å². The summed E-state index contributed by atoms with van der Waals surface area (Å²) < 4.78 is 0. The fraction of sp³-hybridized carbons (Fsp3) is 0.200. The molecule has 1 heterocycles. The molecular weight excluding hydrogens is 148 g/mol. The predicted molar refractivity (Wildman–Crippen MR) is 46.8 cm³/mol. The lowest BCUT2D eigenvalue weighted by molar-refractivity contribution is 0.920. The molecule has 2 rings (SSSR count). The minimum atomic E-state index is -0.610. The quantitative estimate of drug-likeness (QED) is 0.611. The molecule has 2 heteroatoms. The van der Waals surface area contributed by atoms with Crippen molar-refractivity contribution < 1.29 is 0 Å². The highest BCUT2D eigenvalue weighted by molar-refractivity contribution is 6.07. The number of benzene rings is 1. The summed E-state index contributed by atoms with van der Waals surface area (Å²) in [4.78, 5) is 4.13. The first-order valence-electron chi connectivity index (χ1n) is 3.83. The lowest BCUT2D eigenvalue weighted by atomic mass is 9.96. The maximum Gasteiger partial charge on any atom is 0.208 e. The number of hydrogen-bond acceptors (Lipinski definition) is 2. The maximum atomic E-state index is 8.92. The highest BCUT2D eigenvalue weighted by Crippen LogP contribution is 2.37. The first-order valence-corrected chi connectivity index (χ1v) is 3.83. The van der Waals surface area contributed by atoms with E-state index in [2.05, 4.69) is 11.1 Å². The van der Waals surface area contributed by atoms with E-state index in [4.69, 9.17) is 5.26 Å². The Hall–Kier alpha value is -1.62. The SMILES string of the molecule is CC1=NC1(C#N)c1ccccc1. The van der Waals surface area contributed by atoms with E-state index in [9.17, 15) is 0 Å². The van der Waals surface area contributed by atoms with Crippen LogP contribution in [0.25, 0.3) is 0 Å². The van der Waals surface area contributed by atoms with Crippen molar-refractivity contribution in [3.05, 3.63) is 35.9 Å². The summed E-state index contributed by atoms with van der Waals surface area (Å²) in [6, 6.07) is 11.9. The predicted octanol–water partition coefficient (Wildman–Crippen LogP) is 1.88. The molecule has 0 aromatic heterocycles. The first kappa shape index (κ1) is 7.05. The van der Waals surface area contributed by atoms with Gasteiger partial charge in [-0.1, -0.05) is 30.3 Å². The van der Waals surface area contributed by atoms with E-state index < -0.39 is 5.54 Å². The lowest BCUT2D eigenvalue weighted by Gasteiger charge is -2.03. The molecule has 0 bridgehead atoms. The highest BCUT2D eigenvalue weighted by atomic mass is 15.0. The maximum absolute atomic E-state index is 8.92. The Morgan fingerprint density at radius 2 is 1.92 bits per heavy atom. The fourth-order valence-corrected chi connectivity index (χ4v) is 1.35. The van der Waals surface area contributed by atoms with E-state index in [1.165, 1.54) is 0 Å². The van der Waals surface area contributed by atoms with Crippen LogP contribution in [0.2, 0.25) is 0 Å². The standard InChI is InChI=1S/C10H8N2/c1-8-10(7-11,12-8)9-5-3-2-4-6-9/h2-6H,1H3. The molecule has 0 aliphatic carbocycles. The van der Waals surface area contributed by atoms with Crippen LogP contribution in [0.4, 0.5) is 0 Å². The Bertz CT molecular complexity index is 373. The molecule has 1 aromatic rings. The molecule has 1 aliphatic rings. The molecular formula is C10H8N2. The molecule has 0 spiro atoms. The number of rotatable bonds is 1. The molecule has 0 radical (unpaired) electrons. The Labute approximate surface area is 71.2 Å². The van der Waals surface area contributed by atoms with Crippen LogP contribution < -0.4 is 0 Å². The molecule has 58 valence electrons. The van der Waals surface area contributed by atoms with Crippen molar-refractivity contribution in [1.29, 1.82) is 5.26 Å². The molecule has 0 saturated heterocycles. The van der Waals surface area contributed by atoms with Gasteiger partial charge in [0.1, 0.15) is 6.07 Å². The van der Waals surface area contributed by atoms with Crippen molar-refractivity contribution in [2.75, 3.05) is 0 Å². The van der Waals surface area contributed by atoms with Crippen molar-refractivity contribution >= 4 is 5.71 Å². The third-order valence-corrected chi connectivity index (χ3v) is 2.16. The lowest BCUT2D eigenvalue weighted by Crippen LogP contribution is -2.11. The smallest absolute Gasteiger partial charge is 0.208 e. The second-order valence-corrected chi connectivity index (χ2v) is 2.89. The Kier molecular flexibility index (Phi) is 1.28. The monoisotopic (exact) mass is 156 g/mol. The van der Waals surface area contributed by atoms with Crippen LogP contribution in [0.5, 0.6) is 0 Å². The summed E-state index contributed by atoms with van der Waals surface area (Å²) in [5, 5.41) is 8.92. The van der Waals surface area contributed by atoms with Crippen molar-refractivity contribution in [3.63, 3.8) is 0 Å². The second kappa shape index (κ2) is 2.18. The van der Waals surface area contributed by atoms with Crippen LogP contribution in [0.15, 0.2) is 35.3 Å². The Morgan fingerprint density at radius 1 is 1.33 bits per heavy atom. The molecule has 12 heavy (non-hydrogen) atoms. The van der Waals surface area contributed by atoms with Crippen LogP contribution in [0.3, 0.4) is 0 Å². The van der Waals surface area contributed by atoms with Gasteiger partial charge in [0.05, 0.1) is 5.71 Å². The number of nitriles is 1. The summed E-state index contributed by atoms with van der Waals surface area (Å²) in [6.07, 6.45) is 0. The van der Waals surface area contributed by atoms with E-state index in [0.29, 0.717) is 0 Å². The van der Waals surface area contributed by atoms with Gasteiger partial charge in [0.15, 0.2) is 0 Å². The van der Waals surface area contributed by atoms with Gasteiger partial charge >= 0.3 is 0 Å². The van der Waals surface area contributed by atoms with Crippen LogP contribution >= 0.6 is 0 Å². The molecule has 2 nitrogen and oxygen atoms in total. The fourth-order valence-electron chi connectivity index (χ4n) is 1.35. The van der Waals surface area contributed by atoms with Gasteiger partial charge in [-0.2, -0.15) is 5.26 Å². The van der Waals surface area contributed by atoms with Gasteiger partial charge < -0.3 is 0 Å². The van der Waals surface area contributed by atoms with Gasteiger partial charge in [0.2, 0.25) is 5.54 Å². The summed E-state index contributed by atoms with van der Waals surface area (Å²) in [7, 11) is 0. The van der Waals surface area contributed by atoms with E-state index in [1.54, 1.807) is 0 Å². The van der Waals surface area contributed by atoms with E-state index in [1.807, 2.05) is 37.3 Å². The average Bonchev–Trinajstić information content (AvgIpc) is 2.80. The molecule has 1 aromatic carbocycles. The minimum absolute atomic E-state index is 0.610. The van der Waals surface area contributed by atoms with Crippen molar-refractivity contribution in [2.45, 2.75) is 12.5 Å². The molecule has 0 fully saturated rings. The summed E-state index contributed by atoms with van der Waals surface area (Å²) in [6.45, 7) is 1.89. The Balaban J connectivity index is 2.41. The first-order chi connectivity index (χ1) is 5.79. The summed E-state index contributed by atoms with van der Waals surface area (Å²) in [5.41, 5.74) is 1.28. The largest absolute Gasteiger partial charge is 0.257 e. The van der Waals surface area contributed by atoms with Crippen molar-refractivity contribution in [1.82, 2.24) is 0 Å². The van der Waals surface area contributed by atoms with E-state index in [0.717, 1.165) is 11.3 Å². The highest BCUT2D eigenvalue weighted by Gasteiger charge is 2.46. The average molecular weight is 156 g/mol. The topological polar surface area (TPSA) is 36.1 Å². The van der Waals surface area contributed by atoms with Crippen LogP contribution in [0, 0.1) is 11.3 Å². The van der Waals surface area contributed by atoms with Crippen LogP contribution in [0.1, 0.15) is 12.5 Å². The molecule has 0 amide bonds. The molecule has 0 N–H and O–H groups in total. The van der Waals surface area contributed by atoms with Crippen molar-refractivity contribution in [3.8, 4) is 6.07 Å². The summed E-state index contributed by atoms with van der Waals surface area (Å²) in [5.74, 6) is 0. The zero-order valence-corrected chi connectivity index (χ0v) is 6.78. The van der Waals surface area contributed by atoms with Crippen LogP contribution in [-0.2, 0) is 5.54 Å². The Morgan fingerprint density at radius 3 is 2.33 bits per heavy atom. The van der Waals surface area contributed by atoms with Gasteiger partial charge in [-0.3, -0.25) is 4.99 Å². The summed E-state index contributed by atoms with van der Waals surface area (Å²) >= 11 is 0. The van der Waals surface area contributed by atoms with Gasteiger partial charge in [-0.05, 0) is 12.5 Å². The van der Waals surface area contributed by atoms with E-state index >= 15 is 0 Å². The zero-order chi connectivity index (χ0) is 8.60. The second-order valence-electron chi connectivity index (χ2n) is 2.89. The van der Waals surface area contributed by atoms with Crippen LogP contribution in [-0.4, -0.2) is 5.71 Å². The molecule has 1 aliphatic heterocycles. The molecule has 1 atom stereocenters. The number of aliphatic imine (C=N–C) groups is 1. The van der Waals surface area contributed by atoms with Gasteiger partial charge in [0, 0.05) is 0 Å². The van der Waals surface area contributed by atoms with Gasteiger partial charge in [-0.15, -0.1) is 0 Å². The molecule has 1 unspecified atom stereocenters. The normalized spacial score (nSPS) is 25.8. The van der Waals surface area contributed by atoms with Gasteiger partial charge in [-0.25, -0.2) is 0 Å². The minimum Gasteiger partial charge on any atom is -0.257 e. The third-order valence-electron chi connectivity index (χ3n) is 2.16. The van der Waals surface area contributed by atoms with Crippen molar-refractivity contribution in [2.24, 2.45) is 4.99 Å². The number of nitrogens with zero attached hydrogens (tertiary/aromatic N) is 2.